The molecule has 2 aromatic carbocycles. The molecule has 0 bridgehead atoms. The number of carboxylic acids is 1. The number of hydrogen-bond acceptors (Lipinski definition) is 6. The molecule has 1 atom stereocenters. The van der Waals surface area contributed by atoms with Crippen molar-refractivity contribution < 1.29 is 29.0 Å². The predicted molar refractivity (Wildman–Crippen MR) is 147 cm³/mol. The smallest absolute Gasteiger partial charge is 0.408 e. The highest BCUT2D eigenvalue weighted by atomic mass is 16.5. The number of benzene rings is 2. The number of amides is 1. The normalized spacial score (nSPS) is 16.2. The molecule has 2 aromatic rings. The molecule has 1 amide bonds. The molecule has 1 fully saturated rings. The summed E-state index contributed by atoms with van der Waals surface area (Å²) >= 11 is 0. The van der Waals surface area contributed by atoms with Gasteiger partial charge in [-0.2, -0.15) is 0 Å². The van der Waals surface area contributed by atoms with E-state index in [1.54, 1.807) is 6.92 Å². The summed E-state index contributed by atoms with van der Waals surface area (Å²) in [6, 6.07) is 13.0. The number of rotatable bonds is 10. The van der Waals surface area contributed by atoms with Crippen molar-refractivity contribution in [1.29, 1.82) is 0 Å². The molecule has 3 N–H and O–H groups in total. The Morgan fingerprint density at radius 3 is 2.41 bits per heavy atom. The number of nitrogens with one attached hydrogen (secondary N) is 2. The molecular formula is C31H36N2O6. The fraction of sp³-hybridized carbons (Fsp3) is 0.419. The number of unbranched alkanes of at least 4 members (excludes halogenated alkanes) is 1. The monoisotopic (exact) mass is 532 g/mol. The van der Waals surface area contributed by atoms with Crippen LogP contribution in [0.4, 0.5) is 4.79 Å². The summed E-state index contributed by atoms with van der Waals surface area (Å²) in [6.45, 7) is 6.09. The van der Waals surface area contributed by atoms with E-state index in [1.165, 1.54) is 11.1 Å². The molecule has 1 unspecified atom stereocenters. The van der Waals surface area contributed by atoms with Gasteiger partial charge in [0.15, 0.2) is 11.6 Å². The first kappa shape index (κ1) is 28.1. The third-order valence-electron chi connectivity index (χ3n) is 7.42. The quantitative estimate of drug-likeness (QED) is 0.192. The molecule has 8 heteroatoms. The van der Waals surface area contributed by atoms with E-state index in [0.29, 0.717) is 37.9 Å². The highest BCUT2D eigenvalue weighted by Crippen LogP contribution is 2.38. The lowest BCUT2D eigenvalue weighted by Gasteiger charge is -2.29. The topological polar surface area (TPSA) is 122 Å². The van der Waals surface area contributed by atoms with Crippen LogP contribution >= 0.6 is 0 Å². The highest BCUT2D eigenvalue weighted by molar-refractivity contribution is 6.22. The minimum atomic E-state index is -1.13. The number of fused-ring (bicyclic) bond motifs is 3. The van der Waals surface area contributed by atoms with Crippen molar-refractivity contribution in [2.75, 3.05) is 6.54 Å². The average Bonchev–Trinajstić information content (AvgIpc) is 3.24. The third kappa shape index (κ3) is 6.74. The van der Waals surface area contributed by atoms with Crippen molar-refractivity contribution in [3.05, 3.63) is 70.4 Å². The second-order valence-corrected chi connectivity index (χ2v) is 11.2. The molecule has 4 rings (SSSR count). The van der Waals surface area contributed by atoms with Gasteiger partial charge in [-0.1, -0.05) is 56.3 Å². The van der Waals surface area contributed by atoms with Crippen LogP contribution in [-0.4, -0.2) is 41.3 Å². The largest absolute Gasteiger partial charge is 0.480 e. The maximum Gasteiger partial charge on any atom is 0.408 e. The zero-order valence-corrected chi connectivity index (χ0v) is 22.8. The standard InChI is InChI=1S/C31H36N2O6/c1-19(28-26(34)16-31(2,3)17-27(28)35)32-14-7-6-13-25(29(36)37)33-30(38)39-18-21-10-8-12-23-22-11-5-4-9-20(22)15-24(21)23/h4-5,8-12,25,32H,6-7,13-18H2,1-3H3,(H,33,38)(H,36,37). The van der Waals surface area contributed by atoms with E-state index in [2.05, 4.69) is 28.8 Å². The molecule has 1 saturated carbocycles. The van der Waals surface area contributed by atoms with E-state index < -0.39 is 18.1 Å². The fourth-order valence-electron chi connectivity index (χ4n) is 5.46. The van der Waals surface area contributed by atoms with Crippen molar-refractivity contribution in [3.8, 4) is 11.1 Å². The summed E-state index contributed by atoms with van der Waals surface area (Å²) in [4.78, 5) is 49.0. The van der Waals surface area contributed by atoms with Crippen molar-refractivity contribution in [2.45, 2.75) is 71.9 Å². The minimum absolute atomic E-state index is 0.0574. The van der Waals surface area contributed by atoms with Gasteiger partial charge >= 0.3 is 12.1 Å². The van der Waals surface area contributed by atoms with Crippen LogP contribution in [0, 0.1) is 5.41 Å². The fourth-order valence-corrected chi connectivity index (χ4v) is 5.46. The SMILES string of the molecule is CC(NCCCCC(NC(=O)OCc1cccc2c1Cc1ccccc1-2)C(=O)O)=C1C(=O)CC(C)(C)CC1=O. The van der Waals surface area contributed by atoms with Crippen molar-refractivity contribution in [2.24, 2.45) is 5.41 Å². The first-order valence-electron chi connectivity index (χ1n) is 13.4. The zero-order valence-electron chi connectivity index (χ0n) is 22.8. The zero-order chi connectivity index (χ0) is 28.2. The Bertz CT molecular complexity index is 1300. The Hall–Kier alpha value is -3.94. The Labute approximate surface area is 228 Å². The van der Waals surface area contributed by atoms with Crippen LogP contribution in [-0.2, 0) is 32.1 Å². The van der Waals surface area contributed by atoms with E-state index in [-0.39, 0.29) is 35.6 Å². The summed E-state index contributed by atoms with van der Waals surface area (Å²) in [5.74, 6) is -1.41. The van der Waals surface area contributed by atoms with Gasteiger partial charge in [-0.05, 0) is 65.8 Å². The summed E-state index contributed by atoms with van der Waals surface area (Å²) in [7, 11) is 0. The number of carboxylic acid groups (broad SMARTS) is 1. The number of alkyl carbamates (subject to hydrolysis) is 1. The Morgan fingerprint density at radius 1 is 1.00 bits per heavy atom. The van der Waals surface area contributed by atoms with Gasteiger partial charge in [0, 0.05) is 25.1 Å². The van der Waals surface area contributed by atoms with E-state index in [0.717, 1.165) is 23.1 Å². The van der Waals surface area contributed by atoms with Crippen molar-refractivity contribution in [3.63, 3.8) is 0 Å². The van der Waals surface area contributed by atoms with Crippen LogP contribution in [0.5, 0.6) is 0 Å². The molecule has 39 heavy (non-hydrogen) atoms. The van der Waals surface area contributed by atoms with Crippen LogP contribution < -0.4 is 10.6 Å². The molecule has 0 saturated heterocycles. The van der Waals surface area contributed by atoms with Crippen LogP contribution in [0.3, 0.4) is 0 Å². The maximum absolute atomic E-state index is 12.4. The van der Waals surface area contributed by atoms with E-state index in [9.17, 15) is 24.3 Å². The van der Waals surface area contributed by atoms with Crippen molar-refractivity contribution in [1.82, 2.24) is 10.6 Å². The third-order valence-corrected chi connectivity index (χ3v) is 7.42. The maximum atomic E-state index is 12.4. The summed E-state index contributed by atoms with van der Waals surface area (Å²) < 4.78 is 5.40. The average molecular weight is 533 g/mol. The summed E-state index contributed by atoms with van der Waals surface area (Å²) in [5.41, 5.74) is 6.08. The molecule has 0 aromatic heterocycles. The summed E-state index contributed by atoms with van der Waals surface area (Å²) in [6.07, 6.45) is 2.04. The van der Waals surface area contributed by atoms with Crippen LogP contribution in [0.2, 0.25) is 0 Å². The predicted octanol–water partition coefficient (Wildman–Crippen LogP) is 4.93. The number of ketones is 2. The lowest BCUT2D eigenvalue weighted by Crippen LogP contribution is -2.41. The number of Topliss-reactive ketones (excluding diaryl/α,β-unsaturated/α-hetero) is 2. The molecule has 8 nitrogen and oxygen atoms in total. The number of allylic oxidation sites excluding steroid dienone is 2. The van der Waals surface area contributed by atoms with E-state index in [4.69, 9.17) is 4.74 Å². The van der Waals surface area contributed by atoms with Gasteiger partial charge in [0.2, 0.25) is 0 Å². The van der Waals surface area contributed by atoms with Gasteiger partial charge in [0.25, 0.3) is 0 Å². The van der Waals surface area contributed by atoms with E-state index in [1.807, 2.05) is 38.1 Å². The lowest BCUT2D eigenvalue weighted by atomic mass is 9.73. The minimum Gasteiger partial charge on any atom is -0.480 e. The molecule has 0 spiro atoms. The van der Waals surface area contributed by atoms with Crippen LogP contribution in [0.15, 0.2) is 53.7 Å². The molecule has 2 aliphatic rings. The number of carbonyl (C=O) groups is 4. The first-order valence-corrected chi connectivity index (χ1v) is 13.4. The molecule has 0 aliphatic heterocycles. The summed E-state index contributed by atoms with van der Waals surface area (Å²) in [5, 5.41) is 15.2. The Morgan fingerprint density at radius 2 is 1.69 bits per heavy atom. The second kappa shape index (κ2) is 11.8. The second-order valence-electron chi connectivity index (χ2n) is 11.2. The van der Waals surface area contributed by atoms with Gasteiger partial charge in [-0.3, -0.25) is 9.59 Å². The number of ether oxygens (including phenoxy) is 1. The van der Waals surface area contributed by atoms with Gasteiger partial charge < -0.3 is 20.5 Å². The van der Waals surface area contributed by atoms with Crippen molar-refractivity contribution >= 4 is 23.6 Å². The molecule has 2 aliphatic carbocycles. The van der Waals surface area contributed by atoms with Gasteiger partial charge in [-0.15, -0.1) is 0 Å². The first-order chi connectivity index (χ1) is 18.6. The van der Waals surface area contributed by atoms with Crippen LogP contribution in [0.25, 0.3) is 11.1 Å². The molecule has 206 valence electrons. The number of aliphatic carboxylic acids is 1. The molecular weight excluding hydrogens is 496 g/mol. The van der Waals surface area contributed by atoms with Gasteiger partial charge in [0.05, 0.1) is 5.57 Å². The molecule has 0 heterocycles. The van der Waals surface area contributed by atoms with E-state index >= 15 is 0 Å². The number of hydrogen-bond donors (Lipinski definition) is 3. The van der Waals surface area contributed by atoms with Gasteiger partial charge in [-0.25, -0.2) is 9.59 Å². The van der Waals surface area contributed by atoms with Gasteiger partial charge in [0.1, 0.15) is 12.6 Å². The Balaban J connectivity index is 1.23. The van der Waals surface area contributed by atoms with Crippen LogP contribution in [0.1, 0.15) is 69.6 Å². The Kier molecular flexibility index (Phi) is 8.53. The molecule has 0 radical (unpaired) electrons. The lowest BCUT2D eigenvalue weighted by molar-refractivity contribution is -0.139. The number of carbonyl (C=O) groups excluding carboxylic acids is 3. The highest BCUT2D eigenvalue weighted by Gasteiger charge is 2.36.